The third kappa shape index (κ3) is 5.24. The molecule has 0 unspecified atom stereocenters. The van der Waals surface area contributed by atoms with E-state index in [1.54, 1.807) is 18.2 Å². The van der Waals surface area contributed by atoms with Gasteiger partial charge in [0, 0.05) is 12.6 Å². The van der Waals surface area contributed by atoms with Crippen LogP contribution in [-0.4, -0.2) is 12.5 Å². The molecule has 1 rings (SSSR count). The number of unbranched alkanes of at least 4 members (excludes halogenated alkanes) is 1. The molecule has 0 aliphatic carbocycles. The van der Waals surface area contributed by atoms with E-state index in [-0.39, 0.29) is 5.91 Å². The smallest absolute Gasteiger partial charge is 0.243 e. The zero-order valence-corrected chi connectivity index (χ0v) is 11.2. The summed E-state index contributed by atoms with van der Waals surface area (Å²) in [6.07, 6.45) is 5.27. The van der Waals surface area contributed by atoms with Crippen molar-refractivity contribution < 1.29 is 4.79 Å². The molecule has 2 nitrogen and oxygen atoms in total. The van der Waals surface area contributed by atoms with E-state index in [0.717, 1.165) is 18.4 Å². The van der Waals surface area contributed by atoms with Gasteiger partial charge >= 0.3 is 0 Å². The first-order chi connectivity index (χ1) is 8.13. The van der Waals surface area contributed by atoms with Crippen LogP contribution in [0.25, 0.3) is 6.08 Å². The van der Waals surface area contributed by atoms with Crippen LogP contribution in [0.15, 0.2) is 24.3 Å². The molecular formula is C13H15Cl2NO. The summed E-state index contributed by atoms with van der Waals surface area (Å²) < 4.78 is 0. The Balaban J connectivity index is 2.52. The number of hydrogen-bond acceptors (Lipinski definition) is 1. The highest BCUT2D eigenvalue weighted by molar-refractivity contribution is 6.42. The maximum absolute atomic E-state index is 11.4. The zero-order valence-electron chi connectivity index (χ0n) is 9.67. The number of carbonyl (C=O) groups excluding carboxylic acids is 1. The maximum atomic E-state index is 11.4. The highest BCUT2D eigenvalue weighted by Crippen LogP contribution is 2.22. The van der Waals surface area contributed by atoms with Crippen molar-refractivity contribution in [1.29, 1.82) is 0 Å². The Bertz CT molecular complexity index is 416. The Morgan fingerprint density at radius 3 is 2.76 bits per heavy atom. The van der Waals surface area contributed by atoms with E-state index in [9.17, 15) is 4.79 Å². The van der Waals surface area contributed by atoms with Crippen LogP contribution >= 0.6 is 23.2 Å². The van der Waals surface area contributed by atoms with E-state index in [2.05, 4.69) is 12.2 Å². The fraction of sp³-hybridized carbons (Fsp3) is 0.308. The molecule has 0 saturated carbocycles. The normalized spacial score (nSPS) is 10.8. The van der Waals surface area contributed by atoms with Crippen molar-refractivity contribution >= 4 is 35.2 Å². The number of halogens is 2. The predicted octanol–water partition coefficient (Wildman–Crippen LogP) is 3.92. The molecule has 0 aliphatic heterocycles. The van der Waals surface area contributed by atoms with Gasteiger partial charge in [-0.15, -0.1) is 0 Å². The molecule has 0 fully saturated rings. The molecule has 0 aromatic heterocycles. The summed E-state index contributed by atoms with van der Waals surface area (Å²) in [4.78, 5) is 11.4. The number of carbonyl (C=O) groups is 1. The lowest BCUT2D eigenvalue weighted by molar-refractivity contribution is -0.116. The average Bonchev–Trinajstić information content (AvgIpc) is 2.31. The minimum Gasteiger partial charge on any atom is -0.353 e. The van der Waals surface area contributed by atoms with Gasteiger partial charge in [-0.05, 0) is 30.2 Å². The summed E-state index contributed by atoms with van der Waals surface area (Å²) in [7, 11) is 0. The zero-order chi connectivity index (χ0) is 12.7. The van der Waals surface area contributed by atoms with Crippen molar-refractivity contribution in [3.63, 3.8) is 0 Å². The fourth-order valence-corrected chi connectivity index (χ4v) is 1.54. The van der Waals surface area contributed by atoms with Gasteiger partial charge in [-0.25, -0.2) is 0 Å². The van der Waals surface area contributed by atoms with Gasteiger partial charge < -0.3 is 5.32 Å². The van der Waals surface area contributed by atoms with Gasteiger partial charge in [-0.2, -0.15) is 0 Å². The Morgan fingerprint density at radius 1 is 1.35 bits per heavy atom. The second-order valence-electron chi connectivity index (χ2n) is 3.65. The molecule has 92 valence electrons. The summed E-state index contributed by atoms with van der Waals surface area (Å²) in [5.41, 5.74) is 0.852. The van der Waals surface area contributed by atoms with E-state index >= 15 is 0 Å². The first kappa shape index (κ1) is 14.1. The van der Waals surface area contributed by atoms with Gasteiger partial charge in [0.05, 0.1) is 10.0 Å². The molecule has 1 aromatic rings. The Morgan fingerprint density at radius 2 is 2.12 bits per heavy atom. The van der Waals surface area contributed by atoms with Crippen molar-refractivity contribution in [3.8, 4) is 0 Å². The summed E-state index contributed by atoms with van der Waals surface area (Å²) in [5.74, 6) is -0.0930. The van der Waals surface area contributed by atoms with Gasteiger partial charge in [0.1, 0.15) is 0 Å². The monoisotopic (exact) mass is 271 g/mol. The first-order valence-corrected chi connectivity index (χ1v) is 6.30. The van der Waals surface area contributed by atoms with E-state index in [0.29, 0.717) is 16.6 Å². The van der Waals surface area contributed by atoms with Crippen molar-refractivity contribution in [3.05, 3.63) is 39.9 Å². The van der Waals surface area contributed by atoms with Crippen molar-refractivity contribution in [2.45, 2.75) is 19.8 Å². The SMILES string of the molecule is CCCCNC(=O)C=Cc1ccc(Cl)c(Cl)c1. The van der Waals surface area contributed by atoms with Crippen LogP contribution in [0.2, 0.25) is 10.0 Å². The topological polar surface area (TPSA) is 29.1 Å². The van der Waals surface area contributed by atoms with Crippen LogP contribution in [-0.2, 0) is 4.79 Å². The fourth-order valence-electron chi connectivity index (χ4n) is 1.24. The molecule has 0 saturated heterocycles. The van der Waals surface area contributed by atoms with Crippen LogP contribution in [0.1, 0.15) is 25.3 Å². The van der Waals surface area contributed by atoms with E-state index < -0.39 is 0 Å². The second kappa shape index (κ2) is 7.36. The van der Waals surface area contributed by atoms with Gasteiger partial charge in [0.2, 0.25) is 5.91 Å². The minimum absolute atomic E-state index is 0.0930. The van der Waals surface area contributed by atoms with Gasteiger partial charge in [-0.1, -0.05) is 42.6 Å². The molecule has 0 bridgehead atoms. The molecule has 1 N–H and O–H groups in total. The average molecular weight is 272 g/mol. The number of nitrogens with one attached hydrogen (secondary N) is 1. The van der Waals surface area contributed by atoms with Gasteiger partial charge in [0.25, 0.3) is 0 Å². The maximum Gasteiger partial charge on any atom is 0.243 e. The van der Waals surface area contributed by atoms with Gasteiger partial charge in [0.15, 0.2) is 0 Å². The van der Waals surface area contributed by atoms with E-state index in [1.807, 2.05) is 6.07 Å². The summed E-state index contributed by atoms with van der Waals surface area (Å²) in [6.45, 7) is 2.79. The molecule has 0 spiro atoms. The van der Waals surface area contributed by atoms with Crippen LogP contribution in [0.4, 0.5) is 0 Å². The summed E-state index contributed by atoms with van der Waals surface area (Å²) in [6, 6.07) is 5.24. The van der Waals surface area contributed by atoms with Crippen LogP contribution in [0.5, 0.6) is 0 Å². The molecule has 1 amide bonds. The molecular weight excluding hydrogens is 257 g/mol. The summed E-state index contributed by atoms with van der Waals surface area (Å²) >= 11 is 11.7. The molecule has 4 heteroatoms. The Kier molecular flexibility index (Phi) is 6.09. The minimum atomic E-state index is -0.0930. The quantitative estimate of drug-likeness (QED) is 0.638. The molecule has 17 heavy (non-hydrogen) atoms. The third-order valence-electron chi connectivity index (χ3n) is 2.20. The van der Waals surface area contributed by atoms with Crippen LogP contribution in [0.3, 0.4) is 0 Å². The Labute approximate surface area is 112 Å². The Hall–Kier alpha value is -0.990. The highest BCUT2D eigenvalue weighted by atomic mass is 35.5. The van der Waals surface area contributed by atoms with Crippen LogP contribution in [0, 0.1) is 0 Å². The lowest BCUT2D eigenvalue weighted by atomic mass is 10.2. The lowest BCUT2D eigenvalue weighted by Gasteiger charge is -2.00. The first-order valence-electron chi connectivity index (χ1n) is 5.54. The molecule has 0 radical (unpaired) electrons. The molecule has 0 aliphatic rings. The molecule has 0 atom stereocenters. The second-order valence-corrected chi connectivity index (χ2v) is 4.47. The van der Waals surface area contributed by atoms with Crippen molar-refractivity contribution in [2.24, 2.45) is 0 Å². The summed E-state index contributed by atoms with van der Waals surface area (Å²) in [5, 5.41) is 3.79. The molecule has 0 heterocycles. The van der Waals surface area contributed by atoms with Crippen LogP contribution < -0.4 is 5.32 Å². The van der Waals surface area contributed by atoms with Crippen molar-refractivity contribution in [1.82, 2.24) is 5.32 Å². The van der Waals surface area contributed by atoms with Gasteiger partial charge in [-0.3, -0.25) is 4.79 Å². The number of amides is 1. The number of hydrogen-bond donors (Lipinski definition) is 1. The standard InChI is InChI=1S/C13H15Cl2NO/c1-2-3-8-16-13(17)7-5-10-4-6-11(14)12(15)9-10/h4-7,9H,2-3,8H2,1H3,(H,16,17). The van der Waals surface area contributed by atoms with Crippen molar-refractivity contribution in [2.75, 3.05) is 6.54 Å². The highest BCUT2D eigenvalue weighted by Gasteiger charge is 1.98. The predicted molar refractivity (Wildman–Crippen MR) is 73.4 cm³/mol. The molecule has 1 aromatic carbocycles. The lowest BCUT2D eigenvalue weighted by Crippen LogP contribution is -2.21. The van der Waals surface area contributed by atoms with E-state index in [1.165, 1.54) is 6.08 Å². The van der Waals surface area contributed by atoms with E-state index in [4.69, 9.17) is 23.2 Å². The number of benzene rings is 1. The number of rotatable bonds is 5. The largest absolute Gasteiger partial charge is 0.353 e. The third-order valence-corrected chi connectivity index (χ3v) is 2.94.